The summed E-state index contributed by atoms with van der Waals surface area (Å²) < 4.78 is 0. The van der Waals surface area contributed by atoms with E-state index in [2.05, 4.69) is 20.8 Å². The second kappa shape index (κ2) is 4.83. The van der Waals surface area contributed by atoms with Crippen LogP contribution in [0, 0.1) is 28.6 Å². The van der Waals surface area contributed by atoms with E-state index >= 15 is 0 Å². The average molecular weight is 320 g/mol. The molecular formula is C20H32O3. The number of hydrogen-bond donors (Lipinski definition) is 3. The van der Waals surface area contributed by atoms with Gasteiger partial charge in [-0.25, -0.2) is 0 Å². The van der Waals surface area contributed by atoms with Crippen molar-refractivity contribution in [3.05, 3.63) is 11.6 Å². The van der Waals surface area contributed by atoms with E-state index in [0.717, 1.165) is 25.2 Å². The molecule has 3 N–H and O–H groups in total. The summed E-state index contributed by atoms with van der Waals surface area (Å²) in [6.45, 7) is 6.99. The van der Waals surface area contributed by atoms with Crippen LogP contribution in [0.1, 0.15) is 65.7 Å². The van der Waals surface area contributed by atoms with Crippen LogP contribution in [-0.4, -0.2) is 33.1 Å². The van der Waals surface area contributed by atoms with Crippen molar-refractivity contribution < 1.29 is 15.3 Å². The fourth-order valence-electron chi connectivity index (χ4n) is 6.80. The first-order chi connectivity index (χ1) is 10.7. The number of rotatable bonds is 0. The average Bonchev–Trinajstić information content (AvgIpc) is 2.79. The number of allylic oxidation sites excluding steroid dienone is 1. The maximum atomic E-state index is 11.3. The van der Waals surface area contributed by atoms with Crippen LogP contribution in [0.2, 0.25) is 0 Å². The minimum Gasteiger partial charge on any atom is -0.393 e. The van der Waals surface area contributed by atoms with Crippen LogP contribution in [0.5, 0.6) is 0 Å². The van der Waals surface area contributed by atoms with Crippen LogP contribution in [0.3, 0.4) is 0 Å². The normalized spacial score (nSPS) is 58.9. The fourth-order valence-corrected chi connectivity index (χ4v) is 6.80. The second-order valence-electron chi connectivity index (χ2n) is 9.48. The lowest BCUT2D eigenvalue weighted by atomic mass is 9.46. The van der Waals surface area contributed by atoms with Gasteiger partial charge in [-0.1, -0.05) is 32.4 Å². The van der Waals surface area contributed by atoms with Gasteiger partial charge in [0.05, 0.1) is 6.10 Å². The minimum atomic E-state index is -1.17. The molecule has 4 aliphatic rings. The molecule has 0 amide bonds. The van der Waals surface area contributed by atoms with E-state index in [-0.39, 0.29) is 5.41 Å². The summed E-state index contributed by atoms with van der Waals surface area (Å²) in [5.41, 5.74) is 0.320. The lowest BCUT2D eigenvalue weighted by Crippen LogP contribution is -2.65. The van der Waals surface area contributed by atoms with Gasteiger partial charge in [0.2, 0.25) is 0 Å². The van der Waals surface area contributed by atoms with Crippen molar-refractivity contribution in [1.29, 1.82) is 0 Å². The van der Waals surface area contributed by atoms with Crippen molar-refractivity contribution in [3.63, 3.8) is 0 Å². The molecular weight excluding hydrogens is 288 g/mol. The summed E-state index contributed by atoms with van der Waals surface area (Å²) in [6, 6.07) is 0. The third-order valence-corrected chi connectivity index (χ3v) is 8.73. The number of hydrogen-bond acceptors (Lipinski definition) is 3. The topological polar surface area (TPSA) is 60.7 Å². The van der Waals surface area contributed by atoms with E-state index < -0.39 is 17.8 Å². The number of fused-ring (bicyclic) bond motifs is 5. The first kappa shape index (κ1) is 16.1. The Kier molecular flexibility index (Phi) is 3.38. The largest absolute Gasteiger partial charge is 0.393 e. The van der Waals surface area contributed by atoms with Crippen LogP contribution >= 0.6 is 0 Å². The van der Waals surface area contributed by atoms with Gasteiger partial charge in [0.25, 0.3) is 0 Å². The van der Waals surface area contributed by atoms with Gasteiger partial charge in [-0.15, -0.1) is 0 Å². The summed E-state index contributed by atoms with van der Waals surface area (Å²) in [6.07, 6.45) is 7.37. The zero-order valence-electron chi connectivity index (χ0n) is 14.8. The highest BCUT2D eigenvalue weighted by Gasteiger charge is 2.64. The Morgan fingerprint density at radius 1 is 1.00 bits per heavy atom. The van der Waals surface area contributed by atoms with Gasteiger partial charge in [-0.3, -0.25) is 0 Å². The highest BCUT2D eigenvalue weighted by Crippen LogP contribution is 2.66. The SMILES string of the molecule is C[C@H]1CCC2C3=C[C@@H](O)[C@@]4(O)C[C@@H](O)CC[C@]4(C)C3CC[C@@]21C. The third kappa shape index (κ3) is 1.88. The molecule has 0 radical (unpaired) electrons. The molecule has 3 heteroatoms. The summed E-state index contributed by atoms with van der Waals surface area (Å²) in [4.78, 5) is 0. The van der Waals surface area contributed by atoms with Gasteiger partial charge in [0, 0.05) is 11.8 Å². The van der Waals surface area contributed by atoms with Crippen molar-refractivity contribution in [2.75, 3.05) is 0 Å². The van der Waals surface area contributed by atoms with E-state index in [1.807, 2.05) is 6.08 Å². The van der Waals surface area contributed by atoms with E-state index in [1.54, 1.807) is 0 Å². The predicted molar refractivity (Wildman–Crippen MR) is 89.7 cm³/mol. The Morgan fingerprint density at radius 3 is 2.48 bits per heavy atom. The lowest BCUT2D eigenvalue weighted by molar-refractivity contribution is -0.210. The molecule has 3 saturated carbocycles. The van der Waals surface area contributed by atoms with Crippen LogP contribution in [0.25, 0.3) is 0 Å². The first-order valence-corrected chi connectivity index (χ1v) is 9.52. The fraction of sp³-hybridized carbons (Fsp3) is 0.900. The first-order valence-electron chi connectivity index (χ1n) is 9.52. The van der Waals surface area contributed by atoms with Gasteiger partial charge in [0.1, 0.15) is 11.7 Å². The summed E-state index contributed by atoms with van der Waals surface area (Å²) in [5.74, 6) is 1.68. The quantitative estimate of drug-likeness (QED) is 0.601. The van der Waals surface area contributed by atoms with Gasteiger partial charge in [0.15, 0.2) is 0 Å². The Bertz CT molecular complexity index is 543. The summed E-state index contributed by atoms with van der Waals surface area (Å²) >= 11 is 0. The molecule has 2 unspecified atom stereocenters. The maximum Gasteiger partial charge on any atom is 0.102 e. The predicted octanol–water partition coefficient (Wildman–Crippen LogP) is 3.03. The molecule has 0 aromatic rings. The molecule has 0 spiro atoms. The molecule has 3 fully saturated rings. The molecule has 0 heterocycles. The van der Waals surface area contributed by atoms with Crippen molar-refractivity contribution in [1.82, 2.24) is 0 Å². The van der Waals surface area contributed by atoms with Crippen LogP contribution in [0.15, 0.2) is 11.6 Å². The molecule has 0 saturated heterocycles. The minimum absolute atomic E-state index is 0.303. The second-order valence-corrected chi connectivity index (χ2v) is 9.48. The van der Waals surface area contributed by atoms with Crippen LogP contribution in [-0.2, 0) is 0 Å². The van der Waals surface area contributed by atoms with Gasteiger partial charge in [-0.2, -0.15) is 0 Å². The highest BCUT2D eigenvalue weighted by atomic mass is 16.3. The zero-order valence-corrected chi connectivity index (χ0v) is 14.8. The summed E-state index contributed by atoms with van der Waals surface area (Å²) in [5, 5.41) is 32.2. The molecule has 0 aromatic heterocycles. The standard InChI is InChI=1S/C20H32O3/c1-12-4-5-15-14-10-17(22)20(23)11-13(21)6-9-19(20,3)16(14)7-8-18(12,15)2/h10,12-13,15-17,21-23H,4-9,11H2,1-3H3/t12-,13-,15?,16?,17+,18+,19+,20-/m0/s1. The molecule has 8 atom stereocenters. The molecule has 130 valence electrons. The van der Waals surface area contributed by atoms with E-state index in [4.69, 9.17) is 0 Å². The molecule has 23 heavy (non-hydrogen) atoms. The Morgan fingerprint density at radius 2 is 1.74 bits per heavy atom. The smallest absolute Gasteiger partial charge is 0.102 e. The van der Waals surface area contributed by atoms with Gasteiger partial charge < -0.3 is 15.3 Å². The molecule has 0 aliphatic heterocycles. The monoisotopic (exact) mass is 320 g/mol. The van der Waals surface area contributed by atoms with Crippen molar-refractivity contribution in [2.24, 2.45) is 28.6 Å². The molecule has 0 bridgehead atoms. The summed E-state index contributed by atoms with van der Waals surface area (Å²) in [7, 11) is 0. The Hall–Kier alpha value is -0.380. The molecule has 4 rings (SSSR count). The van der Waals surface area contributed by atoms with Crippen molar-refractivity contribution >= 4 is 0 Å². The number of aliphatic hydroxyl groups excluding tert-OH is 2. The highest BCUT2D eigenvalue weighted by molar-refractivity contribution is 5.33. The van der Waals surface area contributed by atoms with Crippen molar-refractivity contribution in [2.45, 2.75) is 83.5 Å². The lowest BCUT2D eigenvalue weighted by Gasteiger charge is -2.61. The Balaban J connectivity index is 1.79. The molecule has 4 aliphatic carbocycles. The van der Waals surface area contributed by atoms with E-state index in [1.165, 1.54) is 24.8 Å². The Labute approximate surface area is 139 Å². The van der Waals surface area contributed by atoms with Crippen molar-refractivity contribution in [3.8, 4) is 0 Å². The van der Waals surface area contributed by atoms with E-state index in [9.17, 15) is 15.3 Å². The molecule has 0 aromatic carbocycles. The zero-order chi connectivity index (χ0) is 16.6. The van der Waals surface area contributed by atoms with Crippen LogP contribution in [0.4, 0.5) is 0 Å². The van der Waals surface area contributed by atoms with E-state index in [0.29, 0.717) is 23.7 Å². The molecule has 3 nitrogen and oxygen atoms in total. The van der Waals surface area contributed by atoms with Gasteiger partial charge >= 0.3 is 0 Å². The van der Waals surface area contributed by atoms with Gasteiger partial charge in [-0.05, 0) is 61.7 Å². The third-order valence-electron chi connectivity index (χ3n) is 8.73. The number of aliphatic hydroxyl groups is 3. The van der Waals surface area contributed by atoms with Crippen LogP contribution < -0.4 is 0 Å². The maximum absolute atomic E-state index is 11.3.